The predicted molar refractivity (Wildman–Crippen MR) is 63.6 cm³/mol. The molecule has 0 fully saturated rings. The highest BCUT2D eigenvalue weighted by molar-refractivity contribution is 5.75. The van der Waals surface area contributed by atoms with Crippen molar-refractivity contribution in [3.63, 3.8) is 0 Å². The van der Waals surface area contributed by atoms with Crippen molar-refractivity contribution in [2.24, 2.45) is 0 Å². The largest absolute Gasteiger partial charge is 0.417 e. The van der Waals surface area contributed by atoms with E-state index in [1.54, 1.807) is 14.1 Å². The van der Waals surface area contributed by atoms with E-state index in [4.69, 9.17) is 0 Å². The van der Waals surface area contributed by atoms with Gasteiger partial charge in [0.05, 0.1) is 5.56 Å². The minimum absolute atomic E-state index is 0.0856. The van der Waals surface area contributed by atoms with Gasteiger partial charge in [-0.25, -0.2) is 0 Å². The normalized spacial score (nSPS) is 11.4. The summed E-state index contributed by atoms with van der Waals surface area (Å²) in [5.41, 5.74) is -1.38. The van der Waals surface area contributed by atoms with E-state index in [2.05, 4.69) is 0 Å². The fraction of sp³-hybridized carbons (Fsp3) is 0.500. The number of hydrogen-bond acceptors (Lipinski definition) is 2. The number of carbonyl (C=O) groups is 1. The van der Waals surface area contributed by atoms with Crippen LogP contribution >= 0.6 is 0 Å². The van der Waals surface area contributed by atoms with Crippen LogP contribution in [-0.2, 0) is 17.5 Å². The molecule has 0 saturated carbocycles. The van der Waals surface area contributed by atoms with Gasteiger partial charge in [0, 0.05) is 39.3 Å². The van der Waals surface area contributed by atoms with E-state index in [-0.39, 0.29) is 18.9 Å². The van der Waals surface area contributed by atoms with E-state index in [1.807, 2.05) is 0 Å². The molecule has 7 heteroatoms. The number of aryl methyl sites for hydroxylation is 1. The highest BCUT2D eigenvalue weighted by Crippen LogP contribution is 2.28. The zero-order valence-corrected chi connectivity index (χ0v) is 10.7. The van der Waals surface area contributed by atoms with Crippen LogP contribution in [0.25, 0.3) is 0 Å². The summed E-state index contributed by atoms with van der Waals surface area (Å²) in [5.74, 6) is -0.125. The molecule has 0 aliphatic carbocycles. The van der Waals surface area contributed by atoms with E-state index < -0.39 is 17.3 Å². The number of carbonyl (C=O) groups excluding carboxylic acids is 1. The standard InChI is InChI=1S/C12H15F3N2O2/c1-16(2)10(18)4-3-7-17-8-9(12(13,14)15)5-6-11(17)19/h5-6,8H,3-4,7H2,1-2H3. The van der Waals surface area contributed by atoms with Gasteiger partial charge in [0.25, 0.3) is 5.56 Å². The molecular weight excluding hydrogens is 261 g/mol. The lowest BCUT2D eigenvalue weighted by molar-refractivity contribution is -0.138. The number of halogens is 3. The van der Waals surface area contributed by atoms with Crippen LogP contribution in [0.1, 0.15) is 18.4 Å². The molecular formula is C12H15F3N2O2. The van der Waals surface area contributed by atoms with Crippen molar-refractivity contribution in [1.82, 2.24) is 9.47 Å². The van der Waals surface area contributed by atoms with Crippen LogP contribution in [-0.4, -0.2) is 29.5 Å². The molecule has 0 atom stereocenters. The number of alkyl halides is 3. The molecule has 0 N–H and O–H groups in total. The average molecular weight is 276 g/mol. The van der Waals surface area contributed by atoms with E-state index in [1.165, 1.54) is 4.90 Å². The van der Waals surface area contributed by atoms with Gasteiger partial charge in [0.1, 0.15) is 0 Å². The summed E-state index contributed by atoms with van der Waals surface area (Å²) in [4.78, 5) is 24.1. The summed E-state index contributed by atoms with van der Waals surface area (Å²) >= 11 is 0. The minimum atomic E-state index is -4.48. The van der Waals surface area contributed by atoms with Gasteiger partial charge >= 0.3 is 6.18 Å². The monoisotopic (exact) mass is 276 g/mol. The second kappa shape index (κ2) is 5.90. The van der Waals surface area contributed by atoms with E-state index in [0.717, 1.165) is 22.9 Å². The Bertz CT molecular complexity index is 506. The number of aromatic nitrogens is 1. The number of pyridine rings is 1. The molecule has 1 amide bonds. The molecule has 1 aromatic heterocycles. The summed E-state index contributed by atoms with van der Waals surface area (Å²) in [7, 11) is 3.19. The summed E-state index contributed by atoms with van der Waals surface area (Å²) in [5, 5.41) is 0. The van der Waals surface area contributed by atoms with Gasteiger partial charge in [-0.05, 0) is 12.5 Å². The molecule has 1 rings (SSSR count). The first kappa shape index (κ1) is 15.3. The first-order valence-corrected chi connectivity index (χ1v) is 5.69. The maximum absolute atomic E-state index is 12.5. The topological polar surface area (TPSA) is 42.3 Å². The Morgan fingerprint density at radius 3 is 2.47 bits per heavy atom. The lowest BCUT2D eigenvalue weighted by atomic mass is 10.2. The molecule has 19 heavy (non-hydrogen) atoms. The molecule has 1 aromatic rings. The molecule has 4 nitrogen and oxygen atoms in total. The smallest absolute Gasteiger partial charge is 0.349 e. The van der Waals surface area contributed by atoms with Crippen molar-refractivity contribution in [3.05, 3.63) is 34.2 Å². The number of amides is 1. The van der Waals surface area contributed by atoms with Gasteiger partial charge < -0.3 is 9.47 Å². The Morgan fingerprint density at radius 2 is 1.95 bits per heavy atom. The van der Waals surface area contributed by atoms with E-state index >= 15 is 0 Å². The van der Waals surface area contributed by atoms with E-state index in [0.29, 0.717) is 6.42 Å². The zero-order valence-electron chi connectivity index (χ0n) is 10.7. The Balaban J connectivity index is 2.73. The Kier molecular flexibility index (Phi) is 4.74. The lowest BCUT2D eigenvalue weighted by Gasteiger charge is -2.12. The third kappa shape index (κ3) is 4.42. The van der Waals surface area contributed by atoms with Crippen LogP contribution in [0.5, 0.6) is 0 Å². The molecule has 0 unspecified atom stereocenters. The zero-order chi connectivity index (χ0) is 14.6. The maximum atomic E-state index is 12.5. The number of nitrogens with zero attached hydrogens (tertiary/aromatic N) is 2. The molecule has 0 bridgehead atoms. The molecule has 0 radical (unpaired) electrons. The van der Waals surface area contributed by atoms with Gasteiger partial charge in [-0.3, -0.25) is 9.59 Å². The van der Waals surface area contributed by atoms with Crippen molar-refractivity contribution in [2.75, 3.05) is 14.1 Å². The van der Waals surface area contributed by atoms with Gasteiger partial charge in [0.2, 0.25) is 5.91 Å². The van der Waals surface area contributed by atoms with Crippen molar-refractivity contribution in [3.8, 4) is 0 Å². The Labute approximate surface area is 108 Å². The van der Waals surface area contributed by atoms with Crippen molar-refractivity contribution in [2.45, 2.75) is 25.6 Å². The third-order valence-electron chi connectivity index (χ3n) is 2.60. The van der Waals surface area contributed by atoms with Gasteiger partial charge in [0.15, 0.2) is 0 Å². The summed E-state index contributed by atoms with van der Waals surface area (Å²) in [6.07, 6.45) is -3.19. The molecule has 0 saturated heterocycles. The van der Waals surface area contributed by atoms with Crippen molar-refractivity contribution in [1.29, 1.82) is 0 Å². The molecule has 0 spiro atoms. The lowest BCUT2D eigenvalue weighted by Crippen LogP contribution is -2.24. The summed E-state index contributed by atoms with van der Waals surface area (Å²) < 4.78 is 38.4. The van der Waals surface area contributed by atoms with Crippen LogP contribution in [0.4, 0.5) is 13.2 Å². The number of rotatable bonds is 4. The fourth-order valence-electron chi connectivity index (χ4n) is 1.50. The fourth-order valence-corrected chi connectivity index (χ4v) is 1.50. The van der Waals surface area contributed by atoms with Gasteiger partial charge in [-0.2, -0.15) is 13.2 Å². The molecule has 0 aliphatic heterocycles. The van der Waals surface area contributed by atoms with Crippen LogP contribution in [0.3, 0.4) is 0 Å². The SMILES string of the molecule is CN(C)C(=O)CCCn1cc(C(F)(F)F)ccc1=O. The first-order valence-electron chi connectivity index (χ1n) is 5.69. The maximum Gasteiger partial charge on any atom is 0.417 e. The van der Waals surface area contributed by atoms with Crippen LogP contribution < -0.4 is 5.56 Å². The van der Waals surface area contributed by atoms with Crippen LogP contribution in [0, 0.1) is 0 Å². The number of hydrogen-bond donors (Lipinski definition) is 0. The quantitative estimate of drug-likeness (QED) is 0.840. The molecule has 1 heterocycles. The summed E-state index contributed by atoms with van der Waals surface area (Å²) in [6, 6.07) is 1.64. The predicted octanol–water partition coefficient (Wildman–Crippen LogP) is 1.74. The van der Waals surface area contributed by atoms with Gasteiger partial charge in [-0.15, -0.1) is 0 Å². The highest BCUT2D eigenvalue weighted by Gasteiger charge is 2.30. The molecule has 0 aromatic carbocycles. The van der Waals surface area contributed by atoms with E-state index in [9.17, 15) is 22.8 Å². The first-order chi connectivity index (χ1) is 8.71. The van der Waals surface area contributed by atoms with Crippen LogP contribution in [0.2, 0.25) is 0 Å². The summed E-state index contributed by atoms with van der Waals surface area (Å²) in [6.45, 7) is 0.0856. The third-order valence-corrected chi connectivity index (χ3v) is 2.60. The molecule has 106 valence electrons. The van der Waals surface area contributed by atoms with Gasteiger partial charge in [-0.1, -0.05) is 0 Å². The Hall–Kier alpha value is -1.79. The second-order valence-electron chi connectivity index (χ2n) is 4.34. The van der Waals surface area contributed by atoms with Crippen LogP contribution in [0.15, 0.2) is 23.1 Å². The van der Waals surface area contributed by atoms with Crippen molar-refractivity contribution >= 4 is 5.91 Å². The van der Waals surface area contributed by atoms with Crippen molar-refractivity contribution < 1.29 is 18.0 Å². The molecule has 0 aliphatic rings. The minimum Gasteiger partial charge on any atom is -0.349 e. The Morgan fingerprint density at radius 1 is 1.32 bits per heavy atom. The average Bonchev–Trinajstić information content (AvgIpc) is 2.29. The highest BCUT2D eigenvalue weighted by atomic mass is 19.4. The second-order valence-corrected chi connectivity index (χ2v) is 4.34.